The summed E-state index contributed by atoms with van der Waals surface area (Å²) in [4.78, 5) is 13.3. The Hall–Kier alpha value is -3.39. The molecule has 0 radical (unpaired) electrons. The molecule has 0 fully saturated rings. The summed E-state index contributed by atoms with van der Waals surface area (Å²) in [6, 6.07) is 17.6. The maximum Gasteiger partial charge on any atom is 0.274 e. The quantitative estimate of drug-likeness (QED) is 0.673. The van der Waals surface area contributed by atoms with E-state index in [2.05, 4.69) is 9.82 Å². The third-order valence-corrected chi connectivity index (χ3v) is 5.47. The van der Waals surface area contributed by atoms with Gasteiger partial charge in [-0.25, -0.2) is 13.4 Å². The minimum Gasteiger partial charge on any atom is -0.467 e. The zero-order chi connectivity index (χ0) is 21.3. The van der Waals surface area contributed by atoms with Gasteiger partial charge >= 0.3 is 0 Å². The lowest BCUT2D eigenvalue weighted by Gasteiger charge is -2.20. The van der Waals surface area contributed by atoms with Crippen LogP contribution >= 0.6 is 0 Å². The summed E-state index contributed by atoms with van der Waals surface area (Å²) in [7, 11) is -3.40. The van der Waals surface area contributed by atoms with Gasteiger partial charge in [0.15, 0.2) is 0 Å². The maximum absolute atomic E-state index is 13.3. The molecule has 0 bridgehead atoms. The number of anilines is 1. The predicted octanol–water partition coefficient (Wildman–Crippen LogP) is 3.95. The second-order valence-corrected chi connectivity index (χ2v) is 8.95. The fourth-order valence-electron chi connectivity index (χ4n) is 3.49. The zero-order valence-corrected chi connectivity index (χ0v) is 17.4. The van der Waals surface area contributed by atoms with E-state index in [9.17, 15) is 13.2 Å². The monoisotopic (exact) mass is 423 g/mol. The van der Waals surface area contributed by atoms with Crippen LogP contribution in [0.1, 0.15) is 39.7 Å². The number of amides is 1. The Balaban J connectivity index is 1.72. The first kappa shape index (κ1) is 19.9. The molecule has 0 spiro atoms. The lowest BCUT2D eigenvalue weighted by molar-refractivity contribution is 0.0692. The summed E-state index contributed by atoms with van der Waals surface area (Å²) >= 11 is 0. The molecule has 30 heavy (non-hydrogen) atoms. The summed E-state index contributed by atoms with van der Waals surface area (Å²) in [5.74, 6) is 0.427. The zero-order valence-electron chi connectivity index (χ0n) is 16.6. The largest absolute Gasteiger partial charge is 0.467 e. The van der Waals surface area contributed by atoms with Gasteiger partial charge in [-0.1, -0.05) is 30.3 Å². The summed E-state index contributed by atoms with van der Waals surface area (Å²) in [5.41, 5.74) is 3.29. The van der Waals surface area contributed by atoms with Crippen LogP contribution in [0.25, 0.3) is 0 Å². The topological polar surface area (TPSA) is 92.0 Å². The highest BCUT2D eigenvalue weighted by Gasteiger charge is 2.35. The Kier molecular flexibility index (Phi) is 5.17. The molecule has 1 aliphatic heterocycles. The molecule has 0 saturated heterocycles. The van der Waals surface area contributed by atoms with Gasteiger partial charge in [0.1, 0.15) is 11.8 Å². The predicted molar refractivity (Wildman–Crippen MR) is 115 cm³/mol. The van der Waals surface area contributed by atoms with Crippen LogP contribution in [0.4, 0.5) is 5.69 Å². The average Bonchev–Trinajstić information content (AvgIpc) is 3.36. The molecule has 0 saturated carbocycles. The molecule has 1 amide bonds. The van der Waals surface area contributed by atoms with Crippen molar-refractivity contribution < 1.29 is 17.6 Å². The molecule has 1 aromatic heterocycles. The summed E-state index contributed by atoms with van der Waals surface area (Å²) < 4.78 is 31.2. The summed E-state index contributed by atoms with van der Waals surface area (Å²) in [5, 5.41) is 6.07. The van der Waals surface area contributed by atoms with Gasteiger partial charge in [0.05, 0.1) is 18.2 Å². The molecule has 7 nitrogen and oxygen atoms in total. The molecule has 2 heterocycles. The van der Waals surface area contributed by atoms with Crippen LogP contribution in [0.3, 0.4) is 0 Å². The number of hydrazone groups is 1. The number of carbonyl (C=O) groups excluding carboxylic acids is 1. The molecule has 0 unspecified atom stereocenters. The third kappa shape index (κ3) is 4.13. The van der Waals surface area contributed by atoms with Crippen molar-refractivity contribution in [3.63, 3.8) is 0 Å². The van der Waals surface area contributed by atoms with Crippen molar-refractivity contribution in [1.29, 1.82) is 0 Å². The Morgan fingerprint density at radius 3 is 2.63 bits per heavy atom. The first-order chi connectivity index (χ1) is 14.3. The van der Waals surface area contributed by atoms with Gasteiger partial charge in [-0.15, -0.1) is 0 Å². The molecule has 3 aromatic rings. The SMILES string of the molecule is Cc1ccccc1C(=O)N1N=C(c2cccc(NS(C)(=O)=O)c2)C[C@@H]1c1ccco1. The number of carbonyl (C=O) groups is 1. The molecule has 1 atom stereocenters. The van der Waals surface area contributed by atoms with E-state index in [1.54, 1.807) is 36.6 Å². The Labute approximate surface area is 175 Å². The van der Waals surface area contributed by atoms with Gasteiger partial charge in [0, 0.05) is 17.7 Å². The number of furan rings is 1. The van der Waals surface area contributed by atoms with E-state index < -0.39 is 10.0 Å². The van der Waals surface area contributed by atoms with Crippen molar-refractivity contribution in [1.82, 2.24) is 5.01 Å². The first-order valence-corrected chi connectivity index (χ1v) is 11.3. The van der Waals surface area contributed by atoms with Crippen LogP contribution < -0.4 is 4.72 Å². The molecule has 2 aromatic carbocycles. The van der Waals surface area contributed by atoms with Gasteiger partial charge in [-0.2, -0.15) is 5.10 Å². The Morgan fingerprint density at radius 1 is 1.13 bits per heavy atom. The van der Waals surface area contributed by atoms with Crippen LogP contribution in [0, 0.1) is 6.92 Å². The third-order valence-electron chi connectivity index (χ3n) is 4.86. The number of rotatable bonds is 5. The van der Waals surface area contributed by atoms with E-state index in [0.717, 1.165) is 17.4 Å². The highest BCUT2D eigenvalue weighted by molar-refractivity contribution is 7.92. The Bertz CT molecular complexity index is 1220. The Morgan fingerprint density at radius 2 is 1.93 bits per heavy atom. The highest BCUT2D eigenvalue weighted by atomic mass is 32.2. The van der Waals surface area contributed by atoms with Crippen molar-refractivity contribution >= 4 is 27.3 Å². The van der Waals surface area contributed by atoms with E-state index in [1.165, 1.54) is 5.01 Å². The molecule has 1 aliphatic rings. The highest BCUT2D eigenvalue weighted by Crippen LogP contribution is 2.35. The second-order valence-electron chi connectivity index (χ2n) is 7.20. The van der Waals surface area contributed by atoms with Crippen LogP contribution in [0.2, 0.25) is 0 Å². The van der Waals surface area contributed by atoms with Crippen molar-refractivity contribution in [3.8, 4) is 0 Å². The number of hydrogen-bond donors (Lipinski definition) is 1. The number of hydrogen-bond acceptors (Lipinski definition) is 5. The second kappa shape index (κ2) is 7.79. The van der Waals surface area contributed by atoms with E-state index in [1.807, 2.05) is 37.3 Å². The molecule has 4 rings (SSSR count). The lowest BCUT2D eigenvalue weighted by atomic mass is 10.0. The molecule has 154 valence electrons. The van der Waals surface area contributed by atoms with E-state index >= 15 is 0 Å². The van der Waals surface area contributed by atoms with Gasteiger partial charge in [0.2, 0.25) is 10.0 Å². The fourth-order valence-corrected chi connectivity index (χ4v) is 4.04. The van der Waals surface area contributed by atoms with Crippen LogP contribution in [0.15, 0.2) is 76.4 Å². The van der Waals surface area contributed by atoms with Crippen LogP contribution in [0.5, 0.6) is 0 Å². The smallest absolute Gasteiger partial charge is 0.274 e. The average molecular weight is 423 g/mol. The van der Waals surface area contributed by atoms with Gasteiger partial charge in [-0.05, 0) is 48.4 Å². The number of benzene rings is 2. The maximum atomic E-state index is 13.3. The molecule has 0 aliphatic carbocycles. The van der Waals surface area contributed by atoms with Gasteiger partial charge in [-0.3, -0.25) is 9.52 Å². The van der Waals surface area contributed by atoms with Crippen LogP contribution in [-0.2, 0) is 10.0 Å². The fraction of sp³-hybridized carbons (Fsp3) is 0.182. The van der Waals surface area contributed by atoms with Crippen molar-refractivity contribution in [2.24, 2.45) is 5.10 Å². The van der Waals surface area contributed by atoms with Crippen molar-refractivity contribution in [2.45, 2.75) is 19.4 Å². The molecular weight excluding hydrogens is 402 g/mol. The molecule has 1 N–H and O–H groups in total. The first-order valence-electron chi connectivity index (χ1n) is 9.40. The van der Waals surface area contributed by atoms with Crippen molar-refractivity contribution in [3.05, 3.63) is 89.4 Å². The standard InChI is InChI=1S/C22H21N3O4S/c1-15-7-3-4-10-18(15)22(26)25-20(21-11-6-12-29-21)14-19(23-25)16-8-5-9-17(13-16)24-30(2,27)28/h3-13,20,24H,14H2,1-2H3/t20-/m1/s1. The lowest BCUT2D eigenvalue weighted by Crippen LogP contribution is -2.27. The number of nitrogens with zero attached hydrogens (tertiary/aromatic N) is 2. The van der Waals surface area contributed by atoms with E-state index in [-0.39, 0.29) is 11.9 Å². The molecule has 8 heteroatoms. The molecular formula is C22H21N3O4S. The van der Waals surface area contributed by atoms with E-state index in [0.29, 0.717) is 29.1 Å². The minimum atomic E-state index is -3.40. The van der Waals surface area contributed by atoms with Crippen molar-refractivity contribution in [2.75, 3.05) is 11.0 Å². The number of sulfonamides is 1. The number of aryl methyl sites for hydroxylation is 1. The summed E-state index contributed by atoms with van der Waals surface area (Å²) in [6.07, 6.45) is 3.12. The normalized spacial score (nSPS) is 16.4. The van der Waals surface area contributed by atoms with Crippen LogP contribution in [-0.4, -0.2) is 31.3 Å². The summed E-state index contributed by atoms with van der Waals surface area (Å²) in [6.45, 7) is 1.89. The van der Waals surface area contributed by atoms with E-state index in [4.69, 9.17) is 4.42 Å². The van der Waals surface area contributed by atoms with Gasteiger partial charge < -0.3 is 4.42 Å². The number of nitrogens with one attached hydrogen (secondary N) is 1. The minimum absolute atomic E-state index is 0.213. The van der Waals surface area contributed by atoms with Gasteiger partial charge in [0.25, 0.3) is 5.91 Å².